The Kier molecular flexibility index (Phi) is 2.84. The van der Waals surface area contributed by atoms with Crippen LogP contribution in [0, 0.1) is 0 Å². The van der Waals surface area contributed by atoms with Gasteiger partial charge in [0, 0.05) is 10.4 Å². The van der Waals surface area contributed by atoms with Crippen molar-refractivity contribution < 1.29 is 0 Å². The zero-order valence-electron chi connectivity index (χ0n) is 12.6. The van der Waals surface area contributed by atoms with Crippen LogP contribution in [0.15, 0.2) is 72.8 Å². The predicted molar refractivity (Wildman–Crippen MR) is 98.9 cm³/mol. The smallest absolute Gasteiger partial charge is 0.122 e. The highest BCUT2D eigenvalue weighted by Crippen LogP contribution is 2.32. The molecule has 0 bridgehead atoms. The van der Waals surface area contributed by atoms with Gasteiger partial charge in [-0.15, -0.1) is 10.2 Å². The van der Waals surface area contributed by atoms with Crippen molar-refractivity contribution in [3.8, 4) is 5.69 Å². The molecule has 114 valence electrons. The van der Waals surface area contributed by atoms with Gasteiger partial charge in [0.05, 0.1) is 5.69 Å². The van der Waals surface area contributed by atoms with Crippen LogP contribution in [0.2, 0.25) is 5.02 Å². The molecule has 0 atom stereocenters. The van der Waals surface area contributed by atoms with Crippen molar-refractivity contribution in [2.45, 2.75) is 0 Å². The summed E-state index contributed by atoms with van der Waals surface area (Å²) < 4.78 is 0. The van der Waals surface area contributed by atoms with Gasteiger partial charge in [0.15, 0.2) is 0 Å². The summed E-state index contributed by atoms with van der Waals surface area (Å²) in [5.74, 6) is 0. The zero-order valence-corrected chi connectivity index (χ0v) is 13.4. The van der Waals surface area contributed by atoms with Crippen LogP contribution < -0.4 is 0 Å². The second-order valence-electron chi connectivity index (χ2n) is 5.79. The topological polar surface area (TPSA) is 30.7 Å². The first-order valence-electron chi connectivity index (χ1n) is 7.73. The fourth-order valence-corrected chi connectivity index (χ4v) is 3.35. The van der Waals surface area contributed by atoms with Gasteiger partial charge < -0.3 is 0 Å². The van der Waals surface area contributed by atoms with E-state index in [-0.39, 0.29) is 0 Å². The maximum absolute atomic E-state index is 6.14. The molecule has 0 aliphatic heterocycles. The number of halogens is 1. The van der Waals surface area contributed by atoms with Gasteiger partial charge in [-0.1, -0.05) is 54.1 Å². The van der Waals surface area contributed by atoms with Gasteiger partial charge in [0.1, 0.15) is 11.0 Å². The highest BCUT2D eigenvalue weighted by Gasteiger charge is 2.11. The van der Waals surface area contributed by atoms with Crippen molar-refractivity contribution >= 4 is 44.2 Å². The minimum Gasteiger partial charge on any atom is -0.150 e. The van der Waals surface area contributed by atoms with Crippen molar-refractivity contribution in [1.29, 1.82) is 0 Å². The summed E-state index contributed by atoms with van der Waals surface area (Å²) in [7, 11) is 0. The number of aromatic nitrogens is 3. The molecule has 4 heteroatoms. The van der Waals surface area contributed by atoms with Gasteiger partial charge in [-0.25, -0.2) is 0 Å². The molecule has 4 aromatic carbocycles. The van der Waals surface area contributed by atoms with E-state index in [0.717, 1.165) is 43.3 Å². The third kappa shape index (κ3) is 1.99. The third-order valence-corrected chi connectivity index (χ3v) is 4.53. The first-order valence-corrected chi connectivity index (χ1v) is 8.11. The second-order valence-corrected chi connectivity index (χ2v) is 6.22. The summed E-state index contributed by atoms with van der Waals surface area (Å²) in [5, 5.41) is 14.6. The van der Waals surface area contributed by atoms with Crippen LogP contribution in [-0.2, 0) is 0 Å². The molecule has 1 heterocycles. The Labute approximate surface area is 143 Å². The Morgan fingerprint density at radius 1 is 0.750 bits per heavy atom. The molecule has 3 nitrogen and oxygen atoms in total. The van der Waals surface area contributed by atoms with Gasteiger partial charge in [0.25, 0.3) is 0 Å². The maximum Gasteiger partial charge on any atom is 0.122 e. The minimum absolute atomic E-state index is 0.738. The molecule has 0 saturated heterocycles. The van der Waals surface area contributed by atoms with E-state index in [1.54, 1.807) is 4.80 Å². The fraction of sp³-hybridized carbons (Fsp3) is 0. The highest BCUT2D eigenvalue weighted by atomic mass is 35.5. The van der Waals surface area contributed by atoms with Crippen molar-refractivity contribution in [3.63, 3.8) is 0 Å². The molecule has 0 amide bonds. The average molecular weight is 330 g/mol. The van der Waals surface area contributed by atoms with Crippen molar-refractivity contribution in [1.82, 2.24) is 15.0 Å². The van der Waals surface area contributed by atoms with Gasteiger partial charge in [-0.05, 0) is 46.5 Å². The molecule has 0 aliphatic carbocycles. The molecule has 0 aliphatic rings. The number of hydrogen-bond donors (Lipinski definition) is 0. The summed E-state index contributed by atoms with van der Waals surface area (Å²) in [4.78, 5) is 1.69. The van der Waals surface area contributed by atoms with E-state index in [4.69, 9.17) is 16.7 Å². The standard InChI is InChI=1S/C20H12ClN3/c21-15-9-10-17-14(12-15)7-6-13-8-11-18-20(19(13)17)23-24(22-18)16-4-2-1-3-5-16/h1-12H. The van der Waals surface area contributed by atoms with Gasteiger partial charge in [0.2, 0.25) is 0 Å². The number of rotatable bonds is 1. The number of hydrogen-bond acceptors (Lipinski definition) is 2. The van der Waals surface area contributed by atoms with Gasteiger partial charge in [-0.2, -0.15) is 4.80 Å². The average Bonchev–Trinajstić information content (AvgIpc) is 3.06. The highest BCUT2D eigenvalue weighted by molar-refractivity contribution is 6.32. The second kappa shape index (κ2) is 5.05. The molecule has 0 fully saturated rings. The zero-order chi connectivity index (χ0) is 16.1. The molecule has 24 heavy (non-hydrogen) atoms. The van der Waals surface area contributed by atoms with E-state index in [9.17, 15) is 0 Å². The lowest BCUT2D eigenvalue weighted by Gasteiger charge is -2.04. The van der Waals surface area contributed by atoms with E-state index in [0.29, 0.717) is 0 Å². The van der Waals surface area contributed by atoms with Crippen LogP contribution in [0.3, 0.4) is 0 Å². The third-order valence-electron chi connectivity index (χ3n) is 4.30. The van der Waals surface area contributed by atoms with E-state index in [1.165, 1.54) is 0 Å². The summed E-state index contributed by atoms with van der Waals surface area (Å²) >= 11 is 6.14. The minimum atomic E-state index is 0.738. The Balaban J connectivity index is 1.90. The van der Waals surface area contributed by atoms with E-state index < -0.39 is 0 Å². The van der Waals surface area contributed by atoms with E-state index >= 15 is 0 Å². The molecule has 0 radical (unpaired) electrons. The van der Waals surface area contributed by atoms with Crippen molar-refractivity contribution in [2.75, 3.05) is 0 Å². The molecule has 0 saturated carbocycles. The van der Waals surface area contributed by atoms with Crippen LogP contribution in [0.4, 0.5) is 0 Å². The summed E-state index contributed by atoms with van der Waals surface area (Å²) in [6.45, 7) is 0. The van der Waals surface area contributed by atoms with Crippen molar-refractivity contribution in [2.24, 2.45) is 0 Å². The number of nitrogens with zero attached hydrogens (tertiary/aromatic N) is 3. The monoisotopic (exact) mass is 329 g/mol. The molecular weight excluding hydrogens is 318 g/mol. The Bertz CT molecular complexity index is 1210. The lowest BCUT2D eigenvalue weighted by molar-refractivity contribution is 0.766. The van der Waals surface area contributed by atoms with E-state index in [2.05, 4.69) is 29.4 Å². The Morgan fingerprint density at radius 3 is 2.42 bits per heavy atom. The van der Waals surface area contributed by atoms with Gasteiger partial charge in [-0.3, -0.25) is 0 Å². The predicted octanol–water partition coefficient (Wildman–Crippen LogP) is 5.38. The summed E-state index contributed by atoms with van der Waals surface area (Å²) in [5.41, 5.74) is 2.74. The summed E-state index contributed by atoms with van der Waals surface area (Å²) in [6.07, 6.45) is 0. The molecule has 0 unspecified atom stereocenters. The molecule has 0 N–H and O–H groups in total. The largest absolute Gasteiger partial charge is 0.150 e. The molecule has 5 rings (SSSR count). The van der Waals surface area contributed by atoms with Crippen molar-refractivity contribution in [3.05, 3.63) is 77.8 Å². The SMILES string of the molecule is Clc1ccc2c(ccc3ccc4nn(-c5ccccc5)nc4c32)c1. The first kappa shape index (κ1) is 13.5. The van der Waals surface area contributed by atoms with Crippen LogP contribution in [0.25, 0.3) is 38.3 Å². The molecule has 1 aromatic heterocycles. The normalized spacial score (nSPS) is 11.5. The quantitative estimate of drug-likeness (QED) is 0.386. The molecule has 0 spiro atoms. The lowest BCUT2D eigenvalue weighted by Crippen LogP contribution is -1.97. The van der Waals surface area contributed by atoms with Crippen LogP contribution in [-0.4, -0.2) is 15.0 Å². The Hall–Kier alpha value is -2.91. The Morgan fingerprint density at radius 2 is 1.54 bits per heavy atom. The fourth-order valence-electron chi connectivity index (χ4n) is 3.17. The summed E-state index contributed by atoms with van der Waals surface area (Å²) in [6, 6.07) is 24.2. The lowest BCUT2D eigenvalue weighted by atomic mass is 10.0. The number of para-hydroxylation sites is 1. The first-order chi connectivity index (χ1) is 11.8. The van der Waals surface area contributed by atoms with Crippen LogP contribution >= 0.6 is 11.6 Å². The molecular formula is C20H12ClN3. The molecule has 5 aromatic rings. The van der Waals surface area contributed by atoms with Crippen LogP contribution in [0.1, 0.15) is 0 Å². The van der Waals surface area contributed by atoms with Gasteiger partial charge >= 0.3 is 0 Å². The van der Waals surface area contributed by atoms with E-state index in [1.807, 2.05) is 48.5 Å². The maximum atomic E-state index is 6.14. The van der Waals surface area contributed by atoms with Crippen LogP contribution in [0.5, 0.6) is 0 Å². The number of fused-ring (bicyclic) bond motifs is 5. The number of benzene rings is 4.